The fraction of sp³-hybridized carbons (Fsp3) is 0.846. The third-order valence-electron chi connectivity index (χ3n) is 2.44. The van der Waals surface area contributed by atoms with Gasteiger partial charge in [-0.15, -0.1) is 0 Å². The molecule has 0 aliphatic heterocycles. The van der Waals surface area contributed by atoms with Gasteiger partial charge in [0.25, 0.3) is 0 Å². The van der Waals surface area contributed by atoms with Crippen molar-refractivity contribution in [3.05, 3.63) is 0 Å². The predicted octanol–water partition coefficient (Wildman–Crippen LogP) is 2.59. The molecule has 0 atom stereocenters. The van der Waals surface area contributed by atoms with Crippen LogP contribution in [-0.2, 0) is 14.3 Å². The van der Waals surface area contributed by atoms with Gasteiger partial charge in [-0.25, -0.2) is 4.79 Å². The highest BCUT2D eigenvalue weighted by Crippen LogP contribution is 1.98. The van der Waals surface area contributed by atoms with Crippen LogP contribution in [0.1, 0.15) is 46.5 Å². The molecule has 0 radical (unpaired) electrons. The number of carbonyl (C=O) groups excluding carboxylic acids is 2. The quantitative estimate of drug-likeness (QED) is 0.472. The van der Waals surface area contributed by atoms with Crippen molar-refractivity contribution in [1.29, 1.82) is 0 Å². The van der Waals surface area contributed by atoms with E-state index in [0.717, 1.165) is 25.7 Å². The molecule has 0 rings (SSSR count). The molecule has 0 N–H and O–H groups in total. The Morgan fingerprint density at radius 2 is 1.50 bits per heavy atom. The van der Waals surface area contributed by atoms with Gasteiger partial charge in [0.1, 0.15) is 6.54 Å². The lowest BCUT2D eigenvalue weighted by Crippen LogP contribution is -2.37. The molecule has 5 nitrogen and oxygen atoms in total. The molecule has 0 aliphatic rings. The molecule has 0 spiro atoms. The fourth-order valence-corrected chi connectivity index (χ4v) is 1.23. The molecule has 0 saturated heterocycles. The number of rotatable bonds is 9. The zero-order chi connectivity index (χ0) is 13.8. The van der Waals surface area contributed by atoms with E-state index in [-0.39, 0.29) is 12.5 Å². The Kier molecular flexibility index (Phi) is 10.1. The van der Waals surface area contributed by atoms with Crippen LogP contribution in [0.15, 0.2) is 0 Å². The maximum absolute atomic E-state index is 11.6. The van der Waals surface area contributed by atoms with Crippen molar-refractivity contribution in [2.24, 2.45) is 0 Å². The first-order valence-corrected chi connectivity index (χ1v) is 6.72. The maximum atomic E-state index is 11.6. The number of likely N-dealkylation sites (N-methyl/N-ethyl adjacent to an activating group) is 1. The first-order valence-electron chi connectivity index (χ1n) is 6.72. The van der Waals surface area contributed by atoms with Crippen molar-refractivity contribution in [3.63, 3.8) is 0 Å². The molecule has 5 heteroatoms. The lowest BCUT2D eigenvalue weighted by molar-refractivity contribution is -0.144. The van der Waals surface area contributed by atoms with E-state index < -0.39 is 6.09 Å². The Bertz CT molecular complexity index is 243. The van der Waals surface area contributed by atoms with E-state index in [1.165, 1.54) is 4.90 Å². The molecule has 1 amide bonds. The van der Waals surface area contributed by atoms with Gasteiger partial charge in [-0.05, 0) is 19.8 Å². The fourth-order valence-electron chi connectivity index (χ4n) is 1.23. The molecule has 0 aromatic carbocycles. The summed E-state index contributed by atoms with van der Waals surface area (Å²) in [5.74, 6) is -0.377. The van der Waals surface area contributed by atoms with E-state index in [1.807, 2.05) is 13.8 Å². The molecule has 0 bridgehead atoms. The summed E-state index contributed by atoms with van der Waals surface area (Å²) in [6.07, 6.45) is 3.18. The van der Waals surface area contributed by atoms with Crippen molar-refractivity contribution >= 4 is 12.1 Å². The highest BCUT2D eigenvalue weighted by atomic mass is 16.6. The Morgan fingerprint density at radius 3 is 2.00 bits per heavy atom. The van der Waals surface area contributed by atoms with Crippen molar-refractivity contribution in [3.8, 4) is 0 Å². The molecule has 0 fully saturated rings. The molecule has 18 heavy (non-hydrogen) atoms. The number of carbonyl (C=O) groups is 2. The molecule has 0 unspecified atom stereocenters. The standard InChI is InChI=1S/C13H25NO4/c1-4-7-9-17-12(15)11-14(6-3)13(16)18-10-8-5-2/h4-11H2,1-3H3. The van der Waals surface area contributed by atoms with Crippen LogP contribution < -0.4 is 0 Å². The highest BCUT2D eigenvalue weighted by molar-refractivity contribution is 5.78. The van der Waals surface area contributed by atoms with Crippen LogP contribution >= 0.6 is 0 Å². The Morgan fingerprint density at radius 1 is 0.944 bits per heavy atom. The predicted molar refractivity (Wildman–Crippen MR) is 69.4 cm³/mol. The number of hydrogen-bond acceptors (Lipinski definition) is 4. The average Bonchev–Trinajstić information content (AvgIpc) is 2.36. The van der Waals surface area contributed by atoms with Crippen LogP contribution in [0.3, 0.4) is 0 Å². The van der Waals surface area contributed by atoms with Crippen LogP contribution in [0.5, 0.6) is 0 Å². The first-order chi connectivity index (χ1) is 8.65. The molecular formula is C13H25NO4. The molecular weight excluding hydrogens is 234 g/mol. The Labute approximate surface area is 109 Å². The van der Waals surface area contributed by atoms with Crippen molar-refractivity contribution < 1.29 is 19.1 Å². The van der Waals surface area contributed by atoms with E-state index in [2.05, 4.69) is 0 Å². The number of unbranched alkanes of at least 4 members (excludes halogenated alkanes) is 2. The lowest BCUT2D eigenvalue weighted by Gasteiger charge is -2.19. The second kappa shape index (κ2) is 10.9. The Balaban J connectivity index is 3.93. The van der Waals surface area contributed by atoms with Gasteiger partial charge in [-0.3, -0.25) is 9.69 Å². The van der Waals surface area contributed by atoms with Gasteiger partial charge in [0.2, 0.25) is 0 Å². The second-order valence-corrected chi connectivity index (χ2v) is 4.06. The minimum atomic E-state index is -0.446. The smallest absolute Gasteiger partial charge is 0.410 e. The molecule has 0 aromatic heterocycles. The number of esters is 1. The van der Waals surface area contributed by atoms with E-state index >= 15 is 0 Å². The minimum Gasteiger partial charge on any atom is -0.464 e. The lowest BCUT2D eigenvalue weighted by atomic mass is 10.4. The Hall–Kier alpha value is -1.26. The van der Waals surface area contributed by atoms with Crippen LogP contribution in [-0.4, -0.2) is 43.3 Å². The summed E-state index contributed by atoms with van der Waals surface area (Å²) in [6.45, 7) is 7.07. The number of nitrogens with zero attached hydrogens (tertiary/aromatic N) is 1. The van der Waals surface area contributed by atoms with Gasteiger partial charge in [0.15, 0.2) is 0 Å². The van der Waals surface area contributed by atoms with E-state index in [1.54, 1.807) is 6.92 Å². The van der Waals surface area contributed by atoms with Gasteiger partial charge in [0.05, 0.1) is 13.2 Å². The van der Waals surface area contributed by atoms with E-state index in [4.69, 9.17) is 9.47 Å². The van der Waals surface area contributed by atoms with Gasteiger partial charge in [0, 0.05) is 6.54 Å². The highest BCUT2D eigenvalue weighted by Gasteiger charge is 2.17. The molecule has 0 heterocycles. The van der Waals surface area contributed by atoms with Gasteiger partial charge in [-0.2, -0.15) is 0 Å². The van der Waals surface area contributed by atoms with Crippen LogP contribution in [0.25, 0.3) is 0 Å². The maximum Gasteiger partial charge on any atom is 0.410 e. The third kappa shape index (κ3) is 7.92. The van der Waals surface area contributed by atoms with Gasteiger partial charge >= 0.3 is 12.1 Å². The van der Waals surface area contributed by atoms with Gasteiger partial charge < -0.3 is 9.47 Å². The summed E-state index contributed by atoms with van der Waals surface area (Å²) < 4.78 is 10.0. The third-order valence-corrected chi connectivity index (χ3v) is 2.44. The zero-order valence-electron chi connectivity index (χ0n) is 11.7. The largest absolute Gasteiger partial charge is 0.464 e. The second-order valence-electron chi connectivity index (χ2n) is 4.06. The molecule has 0 aliphatic carbocycles. The topological polar surface area (TPSA) is 55.8 Å². The molecule has 0 aromatic rings. The summed E-state index contributed by atoms with van der Waals surface area (Å²) in [5.41, 5.74) is 0. The van der Waals surface area contributed by atoms with Crippen molar-refractivity contribution in [2.75, 3.05) is 26.3 Å². The van der Waals surface area contributed by atoms with Crippen molar-refractivity contribution in [2.45, 2.75) is 46.5 Å². The zero-order valence-corrected chi connectivity index (χ0v) is 11.7. The van der Waals surface area contributed by atoms with Crippen molar-refractivity contribution in [1.82, 2.24) is 4.90 Å². The summed E-state index contributed by atoms with van der Waals surface area (Å²) in [7, 11) is 0. The van der Waals surface area contributed by atoms with E-state index in [0.29, 0.717) is 19.8 Å². The van der Waals surface area contributed by atoms with Gasteiger partial charge in [-0.1, -0.05) is 26.7 Å². The van der Waals surface area contributed by atoms with Crippen LogP contribution in [0.2, 0.25) is 0 Å². The molecule has 0 saturated carbocycles. The molecule has 106 valence electrons. The SMILES string of the molecule is CCCCOC(=O)CN(CC)C(=O)OCCCC. The average molecular weight is 259 g/mol. The van der Waals surface area contributed by atoms with Crippen LogP contribution in [0, 0.1) is 0 Å². The normalized spacial score (nSPS) is 9.94. The first kappa shape index (κ1) is 16.7. The summed E-state index contributed by atoms with van der Waals surface area (Å²) >= 11 is 0. The van der Waals surface area contributed by atoms with E-state index in [9.17, 15) is 9.59 Å². The number of hydrogen-bond donors (Lipinski definition) is 0. The summed E-state index contributed by atoms with van der Waals surface area (Å²) in [6, 6.07) is 0. The minimum absolute atomic E-state index is 0.0365. The van der Waals surface area contributed by atoms with Crippen LogP contribution in [0.4, 0.5) is 4.79 Å². The number of ether oxygens (including phenoxy) is 2. The summed E-state index contributed by atoms with van der Waals surface area (Å²) in [4.78, 5) is 24.4. The summed E-state index contributed by atoms with van der Waals surface area (Å²) in [5, 5.41) is 0. The monoisotopic (exact) mass is 259 g/mol. The number of amides is 1.